The third kappa shape index (κ3) is 3.14. The van der Waals surface area contributed by atoms with Crippen LogP contribution in [0.15, 0.2) is 10.4 Å². The van der Waals surface area contributed by atoms with Crippen molar-refractivity contribution in [3.8, 4) is 0 Å². The minimum Gasteiger partial charge on any atom is -0.392 e. The van der Waals surface area contributed by atoms with Crippen LogP contribution in [0.1, 0.15) is 11.4 Å². The van der Waals surface area contributed by atoms with Gasteiger partial charge in [0.1, 0.15) is 0 Å². The SMILES string of the molecule is Cc1ncc(S(=O)(=O)N2CC(O)CC2CN(C)C)s1. The van der Waals surface area contributed by atoms with E-state index in [1.54, 1.807) is 6.92 Å². The van der Waals surface area contributed by atoms with Crippen LogP contribution in [0.2, 0.25) is 0 Å². The minimum absolute atomic E-state index is 0.164. The highest BCUT2D eigenvalue weighted by atomic mass is 32.2. The molecule has 1 fully saturated rings. The van der Waals surface area contributed by atoms with Crippen molar-refractivity contribution >= 4 is 21.4 Å². The summed E-state index contributed by atoms with van der Waals surface area (Å²) in [5.41, 5.74) is 0. The molecule has 1 aliphatic heterocycles. The van der Waals surface area contributed by atoms with Crippen molar-refractivity contribution in [2.24, 2.45) is 0 Å². The van der Waals surface area contributed by atoms with Gasteiger partial charge in [0.05, 0.1) is 17.3 Å². The maximum atomic E-state index is 12.6. The van der Waals surface area contributed by atoms with Crippen LogP contribution >= 0.6 is 11.3 Å². The van der Waals surface area contributed by atoms with Gasteiger partial charge in [-0.2, -0.15) is 4.31 Å². The Labute approximate surface area is 117 Å². The number of rotatable bonds is 4. The molecule has 0 aliphatic carbocycles. The second kappa shape index (κ2) is 5.45. The summed E-state index contributed by atoms with van der Waals surface area (Å²) in [5.74, 6) is 0. The number of sulfonamides is 1. The van der Waals surface area contributed by atoms with Gasteiger partial charge in [0.2, 0.25) is 0 Å². The first-order chi connectivity index (χ1) is 8.80. The van der Waals surface area contributed by atoms with Gasteiger partial charge < -0.3 is 10.0 Å². The van der Waals surface area contributed by atoms with Gasteiger partial charge in [-0.05, 0) is 27.4 Å². The zero-order valence-electron chi connectivity index (χ0n) is 11.3. The highest BCUT2D eigenvalue weighted by Crippen LogP contribution is 2.29. The van der Waals surface area contributed by atoms with Crippen LogP contribution in [0.4, 0.5) is 0 Å². The van der Waals surface area contributed by atoms with Crippen molar-refractivity contribution in [2.45, 2.75) is 29.7 Å². The van der Waals surface area contributed by atoms with Crippen LogP contribution in [0.25, 0.3) is 0 Å². The summed E-state index contributed by atoms with van der Waals surface area (Å²) in [6.07, 6.45) is 1.29. The average molecular weight is 305 g/mol. The molecular weight excluding hydrogens is 286 g/mol. The van der Waals surface area contributed by atoms with Gasteiger partial charge in [0, 0.05) is 19.1 Å². The van der Waals surface area contributed by atoms with Crippen LogP contribution in [-0.4, -0.2) is 67.0 Å². The first-order valence-electron chi connectivity index (χ1n) is 6.08. The molecule has 0 saturated carbocycles. The van der Waals surface area contributed by atoms with Gasteiger partial charge in [0.15, 0.2) is 4.21 Å². The molecule has 1 aromatic rings. The second-order valence-electron chi connectivity index (χ2n) is 5.08. The van der Waals surface area contributed by atoms with E-state index < -0.39 is 16.1 Å². The molecule has 2 heterocycles. The number of hydrogen-bond donors (Lipinski definition) is 1. The lowest BCUT2D eigenvalue weighted by molar-refractivity contribution is 0.188. The maximum absolute atomic E-state index is 12.6. The summed E-state index contributed by atoms with van der Waals surface area (Å²) in [6, 6.07) is -0.183. The molecule has 1 saturated heterocycles. The van der Waals surface area contributed by atoms with E-state index in [2.05, 4.69) is 4.98 Å². The van der Waals surface area contributed by atoms with E-state index in [9.17, 15) is 13.5 Å². The maximum Gasteiger partial charge on any atom is 0.254 e. The number of thiazole rings is 1. The molecular formula is C11H19N3O3S2. The number of aliphatic hydroxyl groups is 1. The monoisotopic (exact) mass is 305 g/mol. The van der Waals surface area contributed by atoms with Gasteiger partial charge in [-0.15, -0.1) is 11.3 Å². The molecule has 108 valence electrons. The number of nitrogens with zero attached hydrogens (tertiary/aromatic N) is 3. The smallest absolute Gasteiger partial charge is 0.254 e. The van der Waals surface area contributed by atoms with Crippen molar-refractivity contribution in [3.05, 3.63) is 11.2 Å². The first-order valence-corrected chi connectivity index (χ1v) is 8.33. The summed E-state index contributed by atoms with van der Waals surface area (Å²) in [4.78, 5) is 5.93. The molecule has 1 N–H and O–H groups in total. The number of aromatic nitrogens is 1. The van der Waals surface area contributed by atoms with Gasteiger partial charge >= 0.3 is 0 Å². The number of β-amino-alcohol motifs (C(OH)–C–C–N with tert-alkyl or cyclic N) is 1. The summed E-state index contributed by atoms with van der Waals surface area (Å²) >= 11 is 1.17. The molecule has 6 nitrogen and oxygen atoms in total. The molecule has 8 heteroatoms. The summed E-state index contributed by atoms with van der Waals surface area (Å²) in [7, 11) is 0.247. The fourth-order valence-corrected chi connectivity index (χ4v) is 5.22. The van der Waals surface area contributed by atoms with E-state index in [0.717, 1.165) is 5.01 Å². The molecule has 2 rings (SSSR count). The van der Waals surface area contributed by atoms with Gasteiger partial charge in [-0.1, -0.05) is 0 Å². The molecule has 0 radical (unpaired) electrons. The predicted octanol–water partition coefficient (Wildman–Crippen LogP) is 0.137. The topological polar surface area (TPSA) is 73.7 Å². The molecule has 1 aromatic heterocycles. The third-order valence-corrected chi connectivity index (χ3v) is 6.35. The van der Waals surface area contributed by atoms with E-state index in [1.807, 2.05) is 19.0 Å². The summed E-state index contributed by atoms with van der Waals surface area (Å²) in [6.45, 7) is 2.55. The average Bonchev–Trinajstić information content (AvgIpc) is 2.85. The van der Waals surface area contributed by atoms with E-state index >= 15 is 0 Å². The van der Waals surface area contributed by atoms with E-state index in [0.29, 0.717) is 13.0 Å². The molecule has 2 unspecified atom stereocenters. The Morgan fingerprint density at radius 2 is 2.26 bits per heavy atom. The van der Waals surface area contributed by atoms with Crippen LogP contribution in [0.3, 0.4) is 0 Å². The van der Waals surface area contributed by atoms with Crippen molar-refractivity contribution in [1.29, 1.82) is 0 Å². The molecule has 0 aromatic carbocycles. The lowest BCUT2D eigenvalue weighted by Crippen LogP contribution is -2.41. The summed E-state index contributed by atoms with van der Waals surface area (Å²) in [5, 5.41) is 10.5. The lowest BCUT2D eigenvalue weighted by atomic mass is 10.2. The van der Waals surface area contributed by atoms with E-state index in [4.69, 9.17) is 0 Å². The van der Waals surface area contributed by atoms with Gasteiger partial charge in [0.25, 0.3) is 10.0 Å². The minimum atomic E-state index is -3.54. The third-order valence-electron chi connectivity index (χ3n) is 3.08. The fraction of sp³-hybridized carbons (Fsp3) is 0.727. The van der Waals surface area contributed by atoms with Crippen molar-refractivity contribution in [1.82, 2.24) is 14.2 Å². The standard InChI is InChI=1S/C11H19N3O3S2/c1-8-12-5-11(18-8)19(16,17)14-7-10(15)4-9(14)6-13(2)3/h5,9-10,15H,4,6-7H2,1-3H3. The van der Waals surface area contributed by atoms with Crippen LogP contribution in [-0.2, 0) is 10.0 Å². The van der Waals surface area contributed by atoms with Gasteiger partial charge in [-0.25, -0.2) is 13.4 Å². The zero-order valence-corrected chi connectivity index (χ0v) is 12.9. The van der Waals surface area contributed by atoms with Crippen molar-refractivity contribution < 1.29 is 13.5 Å². The van der Waals surface area contributed by atoms with E-state index in [-0.39, 0.29) is 16.8 Å². The Morgan fingerprint density at radius 1 is 1.58 bits per heavy atom. The molecule has 19 heavy (non-hydrogen) atoms. The number of likely N-dealkylation sites (N-methyl/N-ethyl adjacent to an activating group) is 1. The Bertz CT molecular complexity index is 541. The fourth-order valence-electron chi connectivity index (χ4n) is 2.32. The second-order valence-corrected chi connectivity index (χ2v) is 8.43. The Balaban J connectivity index is 2.28. The molecule has 0 spiro atoms. The van der Waals surface area contributed by atoms with Crippen LogP contribution in [0.5, 0.6) is 0 Å². The molecule has 0 amide bonds. The number of aliphatic hydroxyl groups excluding tert-OH is 1. The first kappa shape index (κ1) is 14.9. The Kier molecular flexibility index (Phi) is 4.26. The quantitative estimate of drug-likeness (QED) is 0.856. The van der Waals surface area contributed by atoms with Crippen LogP contribution < -0.4 is 0 Å². The number of aryl methyl sites for hydroxylation is 1. The molecule has 2 atom stereocenters. The lowest BCUT2D eigenvalue weighted by Gasteiger charge is -2.25. The van der Waals surface area contributed by atoms with Crippen molar-refractivity contribution in [2.75, 3.05) is 27.2 Å². The van der Waals surface area contributed by atoms with E-state index in [1.165, 1.54) is 21.8 Å². The summed E-state index contributed by atoms with van der Waals surface area (Å²) < 4.78 is 26.8. The highest BCUT2D eigenvalue weighted by Gasteiger charge is 2.40. The highest BCUT2D eigenvalue weighted by molar-refractivity contribution is 7.91. The zero-order chi connectivity index (χ0) is 14.2. The molecule has 0 bridgehead atoms. The van der Waals surface area contributed by atoms with Crippen LogP contribution in [0, 0.1) is 6.92 Å². The normalized spacial score (nSPS) is 25.3. The molecule has 1 aliphatic rings. The Hall–Kier alpha value is -0.540. The predicted molar refractivity (Wildman–Crippen MR) is 73.7 cm³/mol. The number of hydrogen-bond acceptors (Lipinski definition) is 6. The van der Waals surface area contributed by atoms with Crippen molar-refractivity contribution in [3.63, 3.8) is 0 Å². The van der Waals surface area contributed by atoms with Gasteiger partial charge in [-0.3, -0.25) is 0 Å². The largest absolute Gasteiger partial charge is 0.392 e. The Morgan fingerprint density at radius 3 is 2.79 bits per heavy atom.